The lowest BCUT2D eigenvalue weighted by atomic mass is 10.0. The summed E-state index contributed by atoms with van der Waals surface area (Å²) in [5, 5.41) is 0. The molecule has 4 aromatic rings. The standard InChI is InChI=1S/C29H53NO4Si.C28H52N2O8Si2.C21H30N2O6Si.C19H31NO5Si/c1-5-9-10-11-12-13-14-15-16-17-19-27-20-21-29-28(24-27)25-30(26-31-29)22-18-23-35(32-6-2,33-7-3)34-8-4;1-7-33-39(34-8-2,35-9-3)19-13-17-29-21-25-26-22-30(24-32-28(26)16-15-27(25)31-23-29)18-14-20-40(36-10-4,37-11-5)38-12-6;1-4-27-30(28-5-2,29-6-3)13-7-12-22-15-17-14-18(8-9-19(17)26-16-22)23-20(24)10-11-21(23)25;1-5-23-26(24-6-2,25-7-3)12-8-11-20-14-18-13-17(16(4)21)9-10-19(18)22-15-20/h20-21,24H,5-19,22-23,25-26H2,1-4H3;15-16H,7-14,17-24H2,1-6H3;8-11,14H,4-7,12-13,15-16H2,1-3H3;9-10,13H,5-8,11-12,14-15H2,1-4H3. The van der Waals surface area contributed by atoms with Crippen LogP contribution in [0.1, 0.15) is 258 Å². The third-order valence-electron chi connectivity index (χ3n) is 23.1. The zero-order valence-electron chi connectivity index (χ0n) is 83.1. The molecule has 0 radical (unpaired) electrons. The molecule has 6 aliphatic rings. The minimum atomic E-state index is -2.65. The third kappa shape index (κ3) is 37.5. The van der Waals surface area contributed by atoms with Gasteiger partial charge in [0.15, 0.2) is 5.78 Å². The van der Waals surface area contributed by atoms with E-state index in [1.54, 1.807) is 13.0 Å². The van der Waals surface area contributed by atoms with Gasteiger partial charge in [0, 0.05) is 240 Å². The topological polar surface area (TPSA) is 255 Å². The number of hydrogen-bond acceptors (Lipinski definition) is 28. The first-order chi connectivity index (χ1) is 63.7. The first kappa shape index (κ1) is 113. The number of fused-ring (bicyclic) bond motifs is 6. The molecule has 4 aromatic carbocycles. The number of unbranched alkanes of at least 4 members (excludes halogenated alkanes) is 9. The van der Waals surface area contributed by atoms with E-state index in [1.165, 1.54) is 110 Å². The van der Waals surface area contributed by atoms with Crippen molar-refractivity contribution in [1.82, 2.24) is 24.5 Å². The van der Waals surface area contributed by atoms with E-state index in [-0.39, 0.29) is 17.6 Å². The van der Waals surface area contributed by atoms with Crippen LogP contribution in [-0.2, 0) is 115 Å². The quantitative estimate of drug-likeness (QED) is 0.0172. The number of imide groups is 1. The number of carbonyl (C=O) groups excluding carboxylic acids is 3. The summed E-state index contributed by atoms with van der Waals surface area (Å²) in [4.78, 5) is 48.2. The smallest absolute Gasteiger partial charge is 0.478 e. The molecular formula is C97H166N6O23Si5. The Kier molecular flexibility index (Phi) is 53.8. The van der Waals surface area contributed by atoms with Gasteiger partial charge in [-0.25, -0.2) is 4.90 Å². The number of ketones is 1. The Morgan fingerprint density at radius 3 is 0.863 bits per heavy atom. The van der Waals surface area contributed by atoms with E-state index in [9.17, 15) is 14.4 Å². The third-order valence-corrected chi connectivity index (χ3v) is 38.8. The molecule has 131 heavy (non-hydrogen) atoms. The van der Waals surface area contributed by atoms with Crippen LogP contribution >= 0.6 is 0 Å². The lowest BCUT2D eigenvalue weighted by molar-refractivity contribution is -0.120. The number of nitrogens with zero attached hydrogens (tertiary/aromatic N) is 6. The zero-order chi connectivity index (χ0) is 94.6. The van der Waals surface area contributed by atoms with Gasteiger partial charge in [0.1, 0.15) is 62.4 Å². The van der Waals surface area contributed by atoms with Gasteiger partial charge in [0.2, 0.25) is 0 Å². The number of amides is 2. The van der Waals surface area contributed by atoms with Crippen LogP contribution in [0, 0.1) is 0 Å². The number of benzene rings is 4. The molecular weight excluding hydrogens is 1760 g/mol. The van der Waals surface area contributed by atoms with Crippen molar-refractivity contribution < 1.29 is 104 Å². The number of aryl methyl sites for hydroxylation is 1. The van der Waals surface area contributed by atoms with Gasteiger partial charge in [-0.2, -0.15) is 0 Å². The second-order valence-corrected chi connectivity index (χ2v) is 46.6. The average molecular weight is 1920 g/mol. The van der Waals surface area contributed by atoms with Crippen LogP contribution in [0.2, 0.25) is 30.2 Å². The fourth-order valence-electron chi connectivity index (χ4n) is 17.3. The molecule has 6 aliphatic heterocycles. The lowest BCUT2D eigenvalue weighted by Crippen LogP contribution is -2.46. The molecule has 10 rings (SSSR count). The molecule has 742 valence electrons. The van der Waals surface area contributed by atoms with Gasteiger partial charge in [0.05, 0.1) is 5.69 Å². The van der Waals surface area contributed by atoms with Crippen molar-refractivity contribution in [3.05, 3.63) is 118 Å². The molecule has 0 spiro atoms. The summed E-state index contributed by atoms with van der Waals surface area (Å²) in [5.41, 5.74) is 8.52. The van der Waals surface area contributed by atoms with E-state index >= 15 is 0 Å². The highest BCUT2D eigenvalue weighted by Crippen LogP contribution is 2.39. The highest BCUT2D eigenvalue weighted by molar-refractivity contribution is 6.62. The molecule has 0 fully saturated rings. The first-order valence-corrected chi connectivity index (χ1v) is 59.3. The second kappa shape index (κ2) is 62.5. The van der Waals surface area contributed by atoms with E-state index in [4.69, 9.17) is 90.1 Å². The Hall–Kier alpha value is -5.29. The molecule has 2 amide bonds. The molecule has 0 aromatic heterocycles. The average Bonchev–Trinajstić information content (AvgIpc) is 1.16. The van der Waals surface area contributed by atoms with E-state index in [1.807, 2.05) is 146 Å². The van der Waals surface area contributed by atoms with Gasteiger partial charge in [-0.1, -0.05) is 76.8 Å². The Morgan fingerprint density at radius 1 is 0.298 bits per heavy atom. The number of ether oxygens (including phenoxy) is 5. The number of Topliss-reactive ketones (excluding diaryl/α,β-unsaturated/α-hetero) is 1. The van der Waals surface area contributed by atoms with Crippen molar-refractivity contribution in [2.24, 2.45) is 0 Å². The summed E-state index contributed by atoms with van der Waals surface area (Å²) < 4.78 is 120. The van der Waals surface area contributed by atoms with Crippen molar-refractivity contribution in [2.75, 3.05) is 170 Å². The minimum absolute atomic E-state index is 0.0749. The molecule has 0 bridgehead atoms. The summed E-state index contributed by atoms with van der Waals surface area (Å²) in [6, 6.07) is 25.9. The molecule has 34 heteroatoms. The minimum Gasteiger partial charge on any atom is -0.478 e. The molecule has 29 nitrogen and oxygen atoms in total. The Balaban J connectivity index is 0.000000242. The highest BCUT2D eigenvalue weighted by Gasteiger charge is 2.45. The molecule has 0 N–H and O–H groups in total. The molecule has 0 aliphatic carbocycles. The summed E-state index contributed by atoms with van der Waals surface area (Å²) in [7, 11) is -13.1. The Labute approximate surface area is 792 Å². The summed E-state index contributed by atoms with van der Waals surface area (Å²) >= 11 is 0. The monoisotopic (exact) mass is 1920 g/mol. The SMILES string of the molecule is CCCCCCCCCCCCc1ccc2c(c1)CN(CCC[Si](OCC)(OCC)OCC)CO2.CCO[Si](CCCN1COc2ccc(C(C)=O)cc2C1)(OCC)OCC.CCO[Si](CCCN1COc2ccc(N3C(=O)C=CC3=O)cc2C1)(OCC)OCC.CCO[Si](CCCN1COc2ccc3c(c2C1)CN(CCC[Si](OCC)(OCC)OCC)CO3)(OCC)OCC. The van der Waals surface area contributed by atoms with E-state index in [0.717, 1.165) is 167 Å². The van der Waals surface area contributed by atoms with E-state index in [0.29, 0.717) is 145 Å². The van der Waals surface area contributed by atoms with Crippen molar-refractivity contribution in [2.45, 2.75) is 283 Å². The van der Waals surface area contributed by atoms with Gasteiger partial charge < -0.3 is 90.1 Å². The molecule has 0 unspecified atom stereocenters. The molecule has 0 saturated heterocycles. The maximum atomic E-state index is 12.0. The Morgan fingerprint density at radius 2 is 0.557 bits per heavy atom. The van der Waals surface area contributed by atoms with Gasteiger partial charge in [0.25, 0.3) is 11.8 Å². The van der Waals surface area contributed by atoms with Crippen LogP contribution in [0.25, 0.3) is 0 Å². The van der Waals surface area contributed by atoms with Crippen LogP contribution in [0.15, 0.2) is 78.9 Å². The lowest BCUT2D eigenvalue weighted by Gasteiger charge is -2.36. The van der Waals surface area contributed by atoms with Crippen LogP contribution in [0.4, 0.5) is 5.69 Å². The van der Waals surface area contributed by atoms with Crippen molar-refractivity contribution in [3.8, 4) is 28.7 Å². The maximum Gasteiger partial charge on any atom is 0.500 e. The predicted octanol–water partition coefficient (Wildman–Crippen LogP) is 18.8. The van der Waals surface area contributed by atoms with Crippen molar-refractivity contribution >= 4 is 67.3 Å². The van der Waals surface area contributed by atoms with Crippen molar-refractivity contribution in [1.29, 1.82) is 0 Å². The van der Waals surface area contributed by atoms with Crippen LogP contribution in [0.5, 0.6) is 28.7 Å². The molecule has 6 heterocycles. The zero-order valence-corrected chi connectivity index (χ0v) is 88.1. The number of anilines is 1. The molecule has 0 atom stereocenters. The van der Waals surface area contributed by atoms with Crippen LogP contribution in [0.3, 0.4) is 0 Å². The Bertz CT molecular complexity index is 3750. The summed E-state index contributed by atoms with van der Waals surface area (Å²) in [5.74, 6) is 4.04. The predicted molar refractivity (Wildman–Crippen MR) is 523 cm³/mol. The first-order valence-electron chi connectivity index (χ1n) is 49.6. The molecule has 0 saturated carbocycles. The maximum absolute atomic E-state index is 12.0. The fraction of sp³-hybridized carbons (Fsp3) is 0.701. The van der Waals surface area contributed by atoms with Crippen molar-refractivity contribution in [3.63, 3.8) is 0 Å². The van der Waals surface area contributed by atoms with Crippen LogP contribution in [-0.4, -0.2) is 252 Å². The highest BCUT2D eigenvalue weighted by atomic mass is 28.4. The number of hydrogen-bond donors (Lipinski definition) is 0. The van der Waals surface area contributed by atoms with E-state index < -0.39 is 44.0 Å². The largest absolute Gasteiger partial charge is 0.500 e. The number of rotatable bonds is 63. The second-order valence-electron chi connectivity index (χ2n) is 33.0. The van der Waals surface area contributed by atoms with Gasteiger partial charge >= 0.3 is 44.0 Å². The van der Waals surface area contributed by atoms with Gasteiger partial charge in [-0.15, -0.1) is 0 Å². The van der Waals surface area contributed by atoms with Gasteiger partial charge in [-0.05, 0) is 216 Å². The van der Waals surface area contributed by atoms with E-state index in [2.05, 4.69) is 49.6 Å². The summed E-state index contributed by atoms with van der Waals surface area (Å²) in [6.07, 6.45) is 22.2. The number of carbonyl (C=O) groups is 3. The van der Waals surface area contributed by atoms with Gasteiger partial charge in [-0.3, -0.25) is 38.9 Å². The fourth-order valence-corrected chi connectivity index (χ4v) is 30.3. The van der Waals surface area contributed by atoms with Crippen LogP contribution < -0.4 is 28.6 Å². The summed E-state index contributed by atoms with van der Waals surface area (Å²) in [6.45, 7) is 54.0. The normalized spacial score (nSPS) is 15.6.